The lowest BCUT2D eigenvalue weighted by molar-refractivity contribution is -0.145. The Bertz CT molecular complexity index is 491. The van der Waals surface area contributed by atoms with Crippen LogP contribution in [0.4, 0.5) is 4.79 Å². The molecule has 0 saturated carbocycles. The fraction of sp³-hybridized carbons (Fsp3) is 0.467. The van der Waals surface area contributed by atoms with E-state index in [1.807, 2.05) is 30.3 Å². The minimum Gasteiger partial charge on any atom is -0.481 e. The van der Waals surface area contributed by atoms with Crippen molar-refractivity contribution in [1.82, 2.24) is 9.80 Å². The zero-order valence-corrected chi connectivity index (χ0v) is 11.9. The van der Waals surface area contributed by atoms with Crippen LogP contribution in [0.1, 0.15) is 18.4 Å². The van der Waals surface area contributed by atoms with Crippen LogP contribution in [-0.2, 0) is 10.2 Å². The Morgan fingerprint density at radius 2 is 1.70 bits per heavy atom. The summed E-state index contributed by atoms with van der Waals surface area (Å²) in [4.78, 5) is 26.9. The van der Waals surface area contributed by atoms with E-state index in [1.54, 1.807) is 19.0 Å². The molecule has 1 N–H and O–H groups in total. The monoisotopic (exact) mass is 276 g/mol. The highest BCUT2D eigenvalue weighted by atomic mass is 16.4. The third-order valence-corrected chi connectivity index (χ3v) is 4.01. The molecule has 2 rings (SSSR count). The molecule has 5 nitrogen and oxygen atoms in total. The Hall–Kier alpha value is -2.04. The Labute approximate surface area is 118 Å². The highest BCUT2D eigenvalue weighted by molar-refractivity contribution is 5.82. The number of amides is 2. The lowest BCUT2D eigenvalue weighted by atomic mass is 9.73. The van der Waals surface area contributed by atoms with Crippen molar-refractivity contribution in [2.75, 3.05) is 27.2 Å². The molecule has 1 aliphatic heterocycles. The van der Waals surface area contributed by atoms with E-state index in [-0.39, 0.29) is 6.03 Å². The first-order valence-electron chi connectivity index (χ1n) is 6.72. The van der Waals surface area contributed by atoms with Crippen LogP contribution < -0.4 is 0 Å². The molecule has 0 bridgehead atoms. The summed E-state index contributed by atoms with van der Waals surface area (Å²) < 4.78 is 0. The summed E-state index contributed by atoms with van der Waals surface area (Å²) in [6.45, 7) is 0.941. The highest BCUT2D eigenvalue weighted by Crippen LogP contribution is 2.36. The molecular weight excluding hydrogens is 256 g/mol. The highest BCUT2D eigenvalue weighted by Gasteiger charge is 2.43. The lowest BCUT2D eigenvalue weighted by Crippen LogP contribution is -2.51. The van der Waals surface area contributed by atoms with Gasteiger partial charge in [0.25, 0.3) is 0 Å². The summed E-state index contributed by atoms with van der Waals surface area (Å²) in [5.74, 6) is -0.805. The molecule has 1 heterocycles. The average Bonchev–Trinajstić information content (AvgIpc) is 2.47. The van der Waals surface area contributed by atoms with Gasteiger partial charge in [-0.3, -0.25) is 4.79 Å². The van der Waals surface area contributed by atoms with Gasteiger partial charge in [-0.2, -0.15) is 0 Å². The number of carboxylic acid groups (broad SMARTS) is 1. The van der Waals surface area contributed by atoms with Gasteiger partial charge in [0.15, 0.2) is 0 Å². The summed E-state index contributed by atoms with van der Waals surface area (Å²) in [5, 5.41) is 9.66. The fourth-order valence-corrected chi connectivity index (χ4v) is 2.75. The molecule has 5 heteroatoms. The maximum Gasteiger partial charge on any atom is 0.319 e. The van der Waals surface area contributed by atoms with Crippen molar-refractivity contribution in [3.05, 3.63) is 35.9 Å². The average molecular weight is 276 g/mol. The van der Waals surface area contributed by atoms with E-state index in [2.05, 4.69) is 0 Å². The van der Waals surface area contributed by atoms with Gasteiger partial charge in [0.2, 0.25) is 0 Å². The van der Waals surface area contributed by atoms with Crippen LogP contribution in [0.25, 0.3) is 0 Å². The topological polar surface area (TPSA) is 60.9 Å². The number of nitrogens with zero attached hydrogens (tertiary/aromatic N) is 2. The third kappa shape index (κ3) is 2.48. The van der Waals surface area contributed by atoms with Crippen LogP contribution >= 0.6 is 0 Å². The quantitative estimate of drug-likeness (QED) is 0.895. The second kappa shape index (κ2) is 5.53. The molecule has 2 amide bonds. The van der Waals surface area contributed by atoms with Gasteiger partial charge in [-0.15, -0.1) is 0 Å². The van der Waals surface area contributed by atoms with Gasteiger partial charge in [0.05, 0.1) is 5.41 Å². The van der Waals surface area contributed by atoms with E-state index in [0.29, 0.717) is 25.9 Å². The minimum atomic E-state index is -0.871. The molecule has 20 heavy (non-hydrogen) atoms. The van der Waals surface area contributed by atoms with Crippen molar-refractivity contribution in [3.63, 3.8) is 0 Å². The molecule has 1 aromatic rings. The van der Waals surface area contributed by atoms with Crippen molar-refractivity contribution in [2.45, 2.75) is 18.3 Å². The first-order valence-corrected chi connectivity index (χ1v) is 6.72. The van der Waals surface area contributed by atoms with Crippen LogP contribution in [0, 0.1) is 0 Å². The van der Waals surface area contributed by atoms with Gasteiger partial charge in [0, 0.05) is 27.2 Å². The van der Waals surface area contributed by atoms with Crippen LogP contribution in [0.3, 0.4) is 0 Å². The maximum atomic E-state index is 11.9. The number of hydrogen-bond acceptors (Lipinski definition) is 2. The molecule has 1 fully saturated rings. The SMILES string of the molecule is CN(C)C(=O)N1CCC(C(=O)O)(c2ccccc2)CC1. The van der Waals surface area contributed by atoms with Crippen molar-refractivity contribution in [2.24, 2.45) is 0 Å². The zero-order valence-electron chi connectivity index (χ0n) is 11.9. The summed E-state index contributed by atoms with van der Waals surface area (Å²) in [6.07, 6.45) is 0.901. The number of carboxylic acids is 1. The normalized spacial score (nSPS) is 17.6. The Morgan fingerprint density at radius 1 is 1.15 bits per heavy atom. The van der Waals surface area contributed by atoms with Gasteiger partial charge in [-0.25, -0.2) is 4.79 Å². The number of piperidine rings is 1. The van der Waals surface area contributed by atoms with E-state index in [4.69, 9.17) is 0 Å². The Kier molecular flexibility index (Phi) is 3.97. The molecule has 0 atom stereocenters. The van der Waals surface area contributed by atoms with Gasteiger partial charge in [-0.1, -0.05) is 30.3 Å². The molecule has 0 spiro atoms. The number of benzene rings is 1. The van der Waals surface area contributed by atoms with Crippen LogP contribution in [0.2, 0.25) is 0 Å². The summed E-state index contributed by atoms with van der Waals surface area (Å²) >= 11 is 0. The largest absolute Gasteiger partial charge is 0.481 e. The number of rotatable bonds is 2. The van der Waals surface area contributed by atoms with Gasteiger partial charge < -0.3 is 14.9 Å². The Balaban J connectivity index is 2.20. The predicted molar refractivity (Wildman–Crippen MR) is 75.6 cm³/mol. The molecular formula is C15H20N2O3. The van der Waals surface area contributed by atoms with E-state index in [9.17, 15) is 14.7 Å². The smallest absolute Gasteiger partial charge is 0.319 e. The van der Waals surface area contributed by atoms with E-state index in [1.165, 1.54) is 4.90 Å². The summed E-state index contributed by atoms with van der Waals surface area (Å²) in [7, 11) is 3.41. The maximum absolute atomic E-state index is 11.9. The molecule has 0 unspecified atom stereocenters. The predicted octanol–water partition coefficient (Wildman–Crippen LogP) is 1.79. The number of carbonyl (C=O) groups is 2. The first kappa shape index (κ1) is 14.4. The van der Waals surface area contributed by atoms with E-state index in [0.717, 1.165) is 5.56 Å². The van der Waals surface area contributed by atoms with Crippen molar-refractivity contribution >= 4 is 12.0 Å². The second-order valence-electron chi connectivity index (χ2n) is 5.42. The fourth-order valence-electron chi connectivity index (χ4n) is 2.75. The Morgan fingerprint density at radius 3 is 2.15 bits per heavy atom. The molecule has 1 aliphatic rings. The van der Waals surface area contributed by atoms with Crippen molar-refractivity contribution < 1.29 is 14.7 Å². The zero-order chi connectivity index (χ0) is 14.8. The van der Waals surface area contributed by atoms with Crippen LogP contribution in [-0.4, -0.2) is 54.1 Å². The molecule has 0 aromatic heterocycles. The number of aliphatic carboxylic acids is 1. The van der Waals surface area contributed by atoms with Crippen molar-refractivity contribution in [3.8, 4) is 0 Å². The van der Waals surface area contributed by atoms with Gasteiger partial charge >= 0.3 is 12.0 Å². The number of carbonyl (C=O) groups excluding carboxylic acids is 1. The summed E-state index contributed by atoms with van der Waals surface area (Å²) in [6, 6.07) is 9.25. The lowest BCUT2D eigenvalue weighted by Gasteiger charge is -2.40. The molecule has 1 aromatic carbocycles. The standard InChI is InChI=1S/C15H20N2O3/c1-16(2)14(20)17-10-8-15(9-11-17,13(18)19)12-6-4-3-5-7-12/h3-7H,8-11H2,1-2H3,(H,18,19). The molecule has 1 saturated heterocycles. The number of hydrogen-bond donors (Lipinski definition) is 1. The van der Waals surface area contributed by atoms with E-state index < -0.39 is 11.4 Å². The van der Waals surface area contributed by atoms with Crippen LogP contribution in [0.15, 0.2) is 30.3 Å². The van der Waals surface area contributed by atoms with Crippen molar-refractivity contribution in [1.29, 1.82) is 0 Å². The number of likely N-dealkylation sites (tertiary alicyclic amines) is 1. The minimum absolute atomic E-state index is 0.0583. The summed E-state index contributed by atoms with van der Waals surface area (Å²) in [5.41, 5.74) is -0.0471. The van der Waals surface area contributed by atoms with Gasteiger partial charge in [-0.05, 0) is 18.4 Å². The molecule has 0 radical (unpaired) electrons. The van der Waals surface area contributed by atoms with E-state index >= 15 is 0 Å². The van der Waals surface area contributed by atoms with Gasteiger partial charge in [0.1, 0.15) is 0 Å². The first-order chi connectivity index (χ1) is 9.47. The molecule has 108 valence electrons. The molecule has 0 aliphatic carbocycles. The van der Waals surface area contributed by atoms with Crippen LogP contribution in [0.5, 0.6) is 0 Å². The third-order valence-electron chi connectivity index (χ3n) is 4.01. The second-order valence-corrected chi connectivity index (χ2v) is 5.42. The number of urea groups is 1.